The average molecular weight is 492 g/mol. The molecule has 0 unspecified atom stereocenters. The van der Waals surface area contributed by atoms with Gasteiger partial charge < -0.3 is 14.6 Å². The number of fused-ring (bicyclic) bond motifs is 1. The summed E-state index contributed by atoms with van der Waals surface area (Å²) < 4.78 is 20.8. The Kier molecular flexibility index (Phi) is 7.06. The van der Waals surface area contributed by atoms with Gasteiger partial charge in [0.1, 0.15) is 17.6 Å². The number of benzene rings is 2. The molecule has 0 amide bonds. The number of hydrogen-bond donors (Lipinski definition) is 1. The molecule has 2 aromatic carbocycles. The van der Waals surface area contributed by atoms with Gasteiger partial charge in [0, 0.05) is 42.6 Å². The molecule has 4 aromatic rings. The Labute approximate surface area is 208 Å². The van der Waals surface area contributed by atoms with E-state index in [0.29, 0.717) is 24.5 Å². The van der Waals surface area contributed by atoms with E-state index in [-0.39, 0.29) is 11.4 Å². The van der Waals surface area contributed by atoms with Crippen molar-refractivity contribution < 1.29 is 9.13 Å². The first-order chi connectivity index (χ1) is 17.6. The first-order valence-electron chi connectivity index (χ1n) is 12.3. The van der Waals surface area contributed by atoms with E-state index in [1.165, 1.54) is 12.1 Å². The number of nitrogens with one attached hydrogen (secondary N) is 1. The number of likely N-dealkylation sites (N-methyl/N-ethyl adjacent to an activating group) is 1. The molecular formula is C26H30FN7O2. The Hall–Kier alpha value is -3.63. The zero-order valence-electron chi connectivity index (χ0n) is 20.5. The highest BCUT2D eigenvalue weighted by Gasteiger charge is 2.32. The van der Waals surface area contributed by atoms with Crippen LogP contribution in [-0.2, 0) is 6.54 Å². The summed E-state index contributed by atoms with van der Waals surface area (Å²) in [4.78, 5) is 21.1. The van der Waals surface area contributed by atoms with Crippen LogP contribution in [-0.4, -0.2) is 74.3 Å². The number of aromatic amines is 1. The van der Waals surface area contributed by atoms with Gasteiger partial charge in [-0.1, -0.05) is 19.1 Å². The molecule has 1 N–H and O–H groups in total. The number of ether oxygens (including phenoxy) is 1. The van der Waals surface area contributed by atoms with Gasteiger partial charge in [-0.2, -0.15) is 0 Å². The van der Waals surface area contributed by atoms with E-state index < -0.39 is 6.04 Å². The van der Waals surface area contributed by atoms with Crippen molar-refractivity contribution in [2.75, 3.05) is 39.3 Å². The summed E-state index contributed by atoms with van der Waals surface area (Å²) in [6.07, 6.45) is 0. The fourth-order valence-electron chi connectivity index (χ4n) is 4.78. The summed E-state index contributed by atoms with van der Waals surface area (Å²) in [5.74, 6) is 1.03. The number of nitrogens with zero attached hydrogens (tertiary/aromatic N) is 6. The van der Waals surface area contributed by atoms with Crippen molar-refractivity contribution >= 4 is 10.9 Å². The van der Waals surface area contributed by atoms with Gasteiger partial charge in [0.15, 0.2) is 5.82 Å². The Morgan fingerprint density at radius 3 is 2.56 bits per heavy atom. The second-order valence-corrected chi connectivity index (χ2v) is 8.93. The lowest BCUT2D eigenvalue weighted by molar-refractivity contribution is 0.108. The van der Waals surface area contributed by atoms with E-state index in [9.17, 15) is 9.18 Å². The maximum absolute atomic E-state index is 13.4. The molecule has 0 aliphatic carbocycles. The Balaban J connectivity index is 1.58. The fourth-order valence-corrected chi connectivity index (χ4v) is 4.78. The molecule has 9 nitrogen and oxygen atoms in total. The Morgan fingerprint density at radius 2 is 1.83 bits per heavy atom. The highest BCUT2D eigenvalue weighted by molar-refractivity contribution is 5.80. The molecule has 1 aliphatic rings. The van der Waals surface area contributed by atoms with Crippen LogP contribution in [0, 0.1) is 5.82 Å². The number of aromatic nitrogens is 5. The number of pyridine rings is 1. The standard InChI is InChI=1S/C26H30FN7O2/c1-3-32-11-13-33(14-12-32)24(25-29-30-31-34(25)17-18-5-7-20(27)8-6-18)22-16-19-15-21(36-4-2)9-10-23(19)28-26(22)35/h5-10,15-16,24H,3-4,11-14,17H2,1-2H3,(H,28,35)/t24-/m1/s1. The molecule has 10 heteroatoms. The summed E-state index contributed by atoms with van der Waals surface area (Å²) in [6.45, 7) is 9.35. The van der Waals surface area contributed by atoms with Crippen LogP contribution in [0.2, 0.25) is 0 Å². The molecule has 1 atom stereocenters. The molecule has 36 heavy (non-hydrogen) atoms. The smallest absolute Gasteiger partial charge is 0.253 e. The zero-order chi connectivity index (χ0) is 25.1. The Bertz CT molecular complexity index is 1380. The molecule has 1 fully saturated rings. The lowest BCUT2D eigenvalue weighted by Crippen LogP contribution is -2.49. The van der Waals surface area contributed by atoms with Gasteiger partial charge in [0.05, 0.1) is 13.2 Å². The van der Waals surface area contributed by atoms with E-state index in [0.717, 1.165) is 54.9 Å². The van der Waals surface area contributed by atoms with Crippen LogP contribution in [0.4, 0.5) is 4.39 Å². The lowest BCUT2D eigenvalue weighted by Gasteiger charge is -2.38. The van der Waals surface area contributed by atoms with Gasteiger partial charge in [0.2, 0.25) is 0 Å². The van der Waals surface area contributed by atoms with Crippen molar-refractivity contribution in [1.82, 2.24) is 35.0 Å². The molecule has 1 saturated heterocycles. The topological polar surface area (TPSA) is 92.2 Å². The molecule has 0 saturated carbocycles. The largest absolute Gasteiger partial charge is 0.494 e. The Morgan fingerprint density at radius 1 is 1.06 bits per heavy atom. The predicted octanol–water partition coefficient (Wildman–Crippen LogP) is 2.83. The van der Waals surface area contributed by atoms with Crippen molar-refractivity contribution in [3.63, 3.8) is 0 Å². The van der Waals surface area contributed by atoms with Gasteiger partial charge in [-0.25, -0.2) is 9.07 Å². The molecule has 0 spiro atoms. The van der Waals surface area contributed by atoms with E-state index in [1.54, 1.807) is 16.8 Å². The first-order valence-corrected chi connectivity index (χ1v) is 12.3. The van der Waals surface area contributed by atoms with Gasteiger partial charge in [-0.15, -0.1) is 5.10 Å². The normalized spacial score (nSPS) is 15.9. The minimum absolute atomic E-state index is 0.175. The van der Waals surface area contributed by atoms with Gasteiger partial charge in [-0.05, 0) is 65.9 Å². The molecule has 1 aliphatic heterocycles. The number of hydrogen-bond acceptors (Lipinski definition) is 7. The van der Waals surface area contributed by atoms with Gasteiger partial charge in [-0.3, -0.25) is 9.69 Å². The van der Waals surface area contributed by atoms with E-state index in [1.807, 2.05) is 31.2 Å². The number of H-pyrrole nitrogens is 1. The summed E-state index contributed by atoms with van der Waals surface area (Å²) in [5.41, 5.74) is 2.02. The predicted molar refractivity (Wildman–Crippen MR) is 135 cm³/mol. The van der Waals surface area contributed by atoms with Crippen molar-refractivity contribution in [2.24, 2.45) is 0 Å². The van der Waals surface area contributed by atoms with Crippen LogP contribution in [0.5, 0.6) is 5.75 Å². The third-order valence-electron chi connectivity index (χ3n) is 6.72. The summed E-state index contributed by atoms with van der Waals surface area (Å²) in [7, 11) is 0. The third-order valence-corrected chi connectivity index (χ3v) is 6.72. The molecule has 0 radical (unpaired) electrons. The second kappa shape index (κ2) is 10.5. The number of tetrazole rings is 1. The minimum Gasteiger partial charge on any atom is -0.494 e. The number of piperazine rings is 1. The summed E-state index contributed by atoms with van der Waals surface area (Å²) in [6, 6.07) is 13.4. The highest BCUT2D eigenvalue weighted by Crippen LogP contribution is 2.29. The van der Waals surface area contributed by atoms with Gasteiger partial charge in [0.25, 0.3) is 5.56 Å². The van der Waals surface area contributed by atoms with Gasteiger partial charge >= 0.3 is 0 Å². The van der Waals surface area contributed by atoms with Crippen LogP contribution < -0.4 is 10.3 Å². The quantitative estimate of drug-likeness (QED) is 0.405. The first kappa shape index (κ1) is 24.1. The van der Waals surface area contributed by atoms with Crippen molar-refractivity contribution in [3.8, 4) is 5.75 Å². The van der Waals surface area contributed by atoms with Crippen molar-refractivity contribution in [1.29, 1.82) is 0 Å². The SMILES string of the molecule is CCOc1ccc2[nH]c(=O)c([C@H](c3nnnn3Cc3ccc(F)cc3)N3CCN(CC)CC3)cc2c1. The van der Waals surface area contributed by atoms with E-state index in [2.05, 4.69) is 37.2 Å². The van der Waals surface area contributed by atoms with Crippen molar-refractivity contribution in [2.45, 2.75) is 26.4 Å². The highest BCUT2D eigenvalue weighted by atomic mass is 19.1. The molecule has 3 heterocycles. The zero-order valence-corrected chi connectivity index (χ0v) is 20.5. The van der Waals surface area contributed by atoms with E-state index >= 15 is 0 Å². The molecular weight excluding hydrogens is 461 g/mol. The third kappa shape index (κ3) is 5.00. The minimum atomic E-state index is -0.441. The van der Waals surface area contributed by atoms with Crippen LogP contribution in [0.3, 0.4) is 0 Å². The molecule has 0 bridgehead atoms. The van der Waals surface area contributed by atoms with Crippen LogP contribution in [0.1, 0.15) is 36.8 Å². The molecule has 2 aromatic heterocycles. The van der Waals surface area contributed by atoms with Crippen LogP contribution >= 0.6 is 0 Å². The lowest BCUT2D eigenvalue weighted by atomic mass is 10.0. The average Bonchev–Trinajstić information content (AvgIpc) is 3.34. The monoisotopic (exact) mass is 491 g/mol. The number of rotatable bonds is 8. The summed E-state index contributed by atoms with van der Waals surface area (Å²) in [5, 5.41) is 13.5. The molecule has 5 rings (SSSR count). The van der Waals surface area contributed by atoms with E-state index in [4.69, 9.17) is 4.74 Å². The number of halogens is 1. The van der Waals surface area contributed by atoms with Crippen molar-refractivity contribution in [3.05, 3.63) is 81.7 Å². The fraction of sp³-hybridized carbons (Fsp3) is 0.385. The van der Waals surface area contributed by atoms with Crippen LogP contribution in [0.25, 0.3) is 10.9 Å². The summed E-state index contributed by atoms with van der Waals surface area (Å²) >= 11 is 0. The second-order valence-electron chi connectivity index (χ2n) is 8.93. The molecule has 188 valence electrons. The van der Waals surface area contributed by atoms with Crippen LogP contribution in [0.15, 0.2) is 53.3 Å². The maximum atomic E-state index is 13.4. The maximum Gasteiger partial charge on any atom is 0.253 e.